The van der Waals surface area contributed by atoms with Gasteiger partial charge in [0.2, 0.25) is 5.91 Å². The fraction of sp³-hybridized carbons (Fsp3) is 0.267. The standard InChI is InChI=1S/C15H17N5O3S3/c1-3-5-20-11(12(16)23)13(26-15(20)24)18-9(21)4-6-25-14-17-8(2)7-10(22)19-14/h3,7H,1,4-6H2,2H3,(H2,16,23)(H,18,21)(H,17,19,22). The fourth-order valence-electron chi connectivity index (χ4n) is 2.08. The van der Waals surface area contributed by atoms with Crippen LogP contribution in [-0.2, 0) is 11.3 Å². The van der Waals surface area contributed by atoms with E-state index >= 15 is 0 Å². The number of nitrogens with one attached hydrogen (secondary N) is 2. The average molecular weight is 412 g/mol. The molecule has 0 aromatic carbocycles. The van der Waals surface area contributed by atoms with E-state index in [0.717, 1.165) is 11.3 Å². The maximum atomic E-state index is 12.2. The largest absolute Gasteiger partial charge is 0.364 e. The molecule has 4 N–H and O–H groups in total. The minimum Gasteiger partial charge on any atom is -0.364 e. The molecule has 2 heterocycles. The van der Waals surface area contributed by atoms with E-state index in [1.807, 2.05) is 0 Å². The predicted octanol–water partition coefficient (Wildman–Crippen LogP) is 2.08. The number of rotatable bonds is 8. The highest BCUT2D eigenvalue weighted by Crippen LogP contribution is 2.26. The van der Waals surface area contributed by atoms with Gasteiger partial charge in [-0.3, -0.25) is 14.4 Å². The van der Waals surface area contributed by atoms with Gasteiger partial charge < -0.3 is 20.6 Å². The Morgan fingerprint density at radius 3 is 2.92 bits per heavy atom. The van der Waals surface area contributed by atoms with Crippen molar-refractivity contribution in [3.63, 3.8) is 0 Å². The third kappa shape index (κ3) is 5.13. The minimum absolute atomic E-state index is 0.158. The summed E-state index contributed by atoms with van der Waals surface area (Å²) in [6.07, 6.45) is 1.75. The molecule has 11 heteroatoms. The number of hydrogen-bond acceptors (Lipinski definition) is 7. The summed E-state index contributed by atoms with van der Waals surface area (Å²) < 4.78 is 1.95. The minimum atomic E-state index is -0.676. The molecular weight excluding hydrogens is 394 g/mol. The van der Waals surface area contributed by atoms with Gasteiger partial charge >= 0.3 is 0 Å². The highest BCUT2D eigenvalue weighted by molar-refractivity contribution is 7.99. The Kier molecular flexibility index (Phi) is 6.89. The molecule has 0 bridgehead atoms. The van der Waals surface area contributed by atoms with Crippen molar-refractivity contribution in [1.82, 2.24) is 14.5 Å². The Morgan fingerprint density at radius 1 is 1.58 bits per heavy atom. The predicted molar refractivity (Wildman–Crippen MR) is 105 cm³/mol. The summed E-state index contributed by atoms with van der Waals surface area (Å²) in [5.41, 5.74) is 5.94. The molecule has 0 aliphatic carbocycles. The number of allylic oxidation sites excluding steroid dienone is 1. The second kappa shape index (κ2) is 8.92. The number of amides is 2. The van der Waals surface area contributed by atoms with Crippen LogP contribution in [0.1, 0.15) is 22.6 Å². The lowest BCUT2D eigenvalue weighted by Gasteiger charge is -2.07. The van der Waals surface area contributed by atoms with Crippen LogP contribution in [0.15, 0.2) is 28.7 Å². The first-order chi connectivity index (χ1) is 12.3. The highest BCUT2D eigenvalue weighted by atomic mass is 32.2. The van der Waals surface area contributed by atoms with Crippen LogP contribution in [0.2, 0.25) is 0 Å². The number of nitrogens with zero attached hydrogens (tertiary/aromatic N) is 2. The van der Waals surface area contributed by atoms with Crippen LogP contribution in [0.25, 0.3) is 0 Å². The smallest absolute Gasteiger partial charge is 0.268 e. The van der Waals surface area contributed by atoms with E-state index in [0.29, 0.717) is 32.1 Å². The van der Waals surface area contributed by atoms with E-state index < -0.39 is 5.91 Å². The number of carbonyl (C=O) groups is 2. The third-order valence-corrected chi connectivity index (χ3v) is 5.35. The Morgan fingerprint density at radius 2 is 2.31 bits per heavy atom. The lowest BCUT2D eigenvalue weighted by Crippen LogP contribution is -2.21. The third-order valence-electron chi connectivity index (χ3n) is 3.11. The van der Waals surface area contributed by atoms with Gasteiger partial charge in [-0.25, -0.2) is 4.98 Å². The van der Waals surface area contributed by atoms with Crippen LogP contribution in [0.3, 0.4) is 0 Å². The van der Waals surface area contributed by atoms with E-state index in [2.05, 4.69) is 21.9 Å². The van der Waals surface area contributed by atoms with Gasteiger partial charge in [-0.15, -0.1) is 6.58 Å². The molecule has 0 radical (unpaired) electrons. The number of aromatic nitrogens is 3. The summed E-state index contributed by atoms with van der Waals surface area (Å²) in [5, 5.41) is 3.44. The van der Waals surface area contributed by atoms with Crippen LogP contribution in [0.4, 0.5) is 5.00 Å². The Bertz CT molecular complexity index is 960. The maximum Gasteiger partial charge on any atom is 0.268 e. The number of nitrogens with two attached hydrogens (primary N) is 1. The SMILES string of the molecule is C=CCn1c(C(N)=O)c(NC(=O)CCSc2nc(C)cc(=O)[nH]2)sc1=S. The number of carbonyl (C=O) groups excluding carboxylic acids is 2. The highest BCUT2D eigenvalue weighted by Gasteiger charge is 2.19. The van der Waals surface area contributed by atoms with Crippen molar-refractivity contribution in [2.75, 3.05) is 11.1 Å². The number of aryl methyl sites for hydroxylation is 1. The molecular formula is C15H17N5O3S3. The number of thiazole rings is 1. The van der Waals surface area contributed by atoms with Gasteiger partial charge in [-0.2, -0.15) is 0 Å². The average Bonchev–Trinajstić information content (AvgIpc) is 2.82. The van der Waals surface area contributed by atoms with Gasteiger partial charge in [0.1, 0.15) is 10.7 Å². The van der Waals surface area contributed by atoms with E-state index in [4.69, 9.17) is 18.0 Å². The van der Waals surface area contributed by atoms with E-state index in [9.17, 15) is 14.4 Å². The van der Waals surface area contributed by atoms with Gasteiger partial charge in [-0.1, -0.05) is 29.2 Å². The van der Waals surface area contributed by atoms with Crippen molar-refractivity contribution >= 4 is 52.1 Å². The Hall–Kier alpha value is -2.24. The van der Waals surface area contributed by atoms with Gasteiger partial charge in [-0.05, 0) is 19.1 Å². The van der Waals surface area contributed by atoms with Crippen molar-refractivity contribution < 1.29 is 9.59 Å². The van der Waals surface area contributed by atoms with Crippen LogP contribution in [0.5, 0.6) is 0 Å². The second-order valence-corrected chi connectivity index (χ2v) is 7.88. The van der Waals surface area contributed by atoms with Crippen molar-refractivity contribution in [3.8, 4) is 0 Å². The molecule has 2 amide bonds. The normalized spacial score (nSPS) is 10.5. The number of thioether (sulfide) groups is 1. The Balaban J connectivity index is 2.02. The number of primary amides is 1. The zero-order chi connectivity index (χ0) is 19.3. The molecule has 2 aromatic heterocycles. The summed E-state index contributed by atoms with van der Waals surface area (Å²) >= 11 is 7.56. The molecule has 0 saturated carbocycles. The summed E-state index contributed by atoms with van der Waals surface area (Å²) in [6, 6.07) is 1.39. The number of aromatic amines is 1. The molecule has 0 atom stereocenters. The van der Waals surface area contributed by atoms with Crippen molar-refractivity contribution in [1.29, 1.82) is 0 Å². The zero-order valence-electron chi connectivity index (χ0n) is 13.9. The first-order valence-electron chi connectivity index (χ1n) is 7.46. The molecule has 26 heavy (non-hydrogen) atoms. The maximum absolute atomic E-state index is 12.2. The molecule has 0 unspecified atom stereocenters. The quantitative estimate of drug-likeness (QED) is 0.264. The number of hydrogen-bond donors (Lipinski definition) is 3. The number of H-pyrrole nitrogens is 1. The second-order valence-electron chi connectivity index (χ2n) is 5.15. The van der Waals surface area contributed by atoms with Gasteiger partial charge in [0.25, 0.3) is 11.5 Å². The summed E-state index contributed by atoms with van der Waals surface area (Å²) in [6.45, 7) is 5.66. The molecule has 0 aliphatic rings. The van der Waals surface area contributed by atoms with Gasteiger partial charge in [0, 0.05) is 30.5 Å². The first kappa shape index (κ1) is 20.1. The van der Waals surface area contributed by atoms with E-state index in [1.54, 1.807) is 13.0 Å². The Labute approximate surface area is 162 Å². The van der Waals surface area contributed by atoms with Gasteiger partial charge in [0.05, 0.1) is 0 Å². The fourth-order valence-corrected chi connectivity index (χ4v) is 4.28. The zero-order valence-corrected chi connectivity index (χ0v) is 16.4. The molecule has 138 valence electrons. The molecule has 0 spiro atoms. The monoisotopic (exact) mass is 411 g/mol. The molecule has 2 rings (SSSR count). The van der Waals surface area contributed by atoms with Crippen LogP contribution in [-0.4, -0.2) is 32.1 Å². The molecule has 0 fully saturated rings. The van der Waals surface area contributed by atoms with Crippen molar-refractivity contribution in [2.45, 2.75) is 25.0 Å². The van der Waals surface area contributed by atoms with E-state index in [1.165, 1.54) is 22.4 Å². The molecule has 8 nitrogen and oxygen atoms in total. The molecule has 0 aliphatic heterocycles. The molecule has 0 saturated heterocycles. The topological polar surface area (TPSA) is 123 Å². The van der Waals surface area contributed by atoms with Crippen molar-refractivity contribution in [3.05, 3.63) is 44.4 Å². The van der Waals surface area contributed by atoms with Crippen LogP contribution >= 0.6 is 35.3 Å². The number of anilines is 1. The van der Waals surface area contributed by atoms with Crippen molar-refractivity contribution in [2.24, 2.45) is 5.73 Å². The van der Waals surface area contributed by atoms with E-state index in [-0.39, 0.29) is 23.6 Å². The van der Waals surface area contributed by atoms with Crippen LogP contribution < -0.4 is 16.6 Å². The summed E-state index contributed by atoms with van der Waals surface area (Å²) in [7, 11) is 0. The summed E-state index contributed by atoms with van der Waals surface area (Å²) in [4.78, 5) is 42.0. The first-order valence-corrected chi connectivity index (χ1v) is 9.67. The van der Waals surface area contributed by atoms with Gasteiger partial charge in [0.15, 0.2) is 9.11 Å². The van der Waals surface area contributed by atoms with Crippen LogP contribution in [0, 0.1) is 10.9 Å². The lowest BCUT2D eigenvalue weighted by atomic mass is 10.4. The summed E-state index contributed by atoms with van der Waals surface area (Å²) in [5.74, 6) is -0.564. The molecule has 2 aromatic rings. The lowest BCUT2D eigenvalue weighted by molar-refractivity contribution is -0.115.